The Bertz CT molecular complexity index is 1670. The number of aliphatic hydroxyl groups is 4. The summed E-state index contributed by atoms with van der Waals surface area (Å²) in [4.78, 5) is 66.6. The Morgan fingerprint density at radius 3 is 1.68 bits per heavy atom. The smallest absolute Gasteiger partial charge is 0.462 e. The minimum atomic E-state index is -5.40. The molecule has 8 atom stereocenters. The number of carbonyl (C=O) groups excluding carboxylic acids is 3. The number of carbonyl (C=O) groups is 3. The van der Waals surface area contributed by atoms with E-state index in [1.54, 1.807) is 12.2 Å². The minimum absolute atomic E-state index is 0.00477. The molecule has 0 aromatic heterocycles. The van der Waals surface area contributed by atoms with Crippen LogP contribution >= 0.6 is 15.6 Å². The maximum absolute atomic E-state index is 13.0. The average Bonchev–Trinajstić information content (AvgIpc) is 3.26. The molecule has 1 aliphatic rings. The molecule has 0 bridgehead atoms. The van der Waals surface area contributed by atoms with E-state index in [9.17, 15) is 48.8 Å². The number of rotatable bonds is 37. The summed E-state index contributed by atoms with van der Waals surface area (Å²) >= 11 is 0. The monoisotopic (exact) mass is 974 g/mol. The lowest BCUT2D eigenvalue weighted by Gasteiger charge is -2.43. The number of aliphatic hydroxyl groups excluding tert-OH is 4. The summed E-state index contributed by atoms with van der Waals surface area (Å²) in [5, 5.41) is 41.2. The lowest BCUT2D eigenvalue weighted by atomic mass is 9.85. The molecule has 0 aromatic rings. The van der Waals surface area contributed by atoms with Crippen molar-refractivity contribution < 1.29 is 81.7 Å². The van der Waals surface area contributed by atoms with Gasteiger partial charge in [0.2, 0.25) is 0 Å². The maximum Gasteiger partial charge on any atom is 0.472 e. The zero-order valence-electron chi connectivity index (χ0n) is 38.6. The average molecular weight is 975 g/mol. The van der Waals surface area contributed by atoms with E-state index in [1.165, 1.54) is 25.3 Å². The first-order chi connectivity index (χ1) is 31.5. The van der Waals surface area contributed by atoms with Gasteiger partial charge in [-0.2, -0.15) is 0 Å². The van der Waals surface area contributed by atoms with E-state index in [-0.39, 0.29) is 31.5 Å². The number of ether oxygens (including phenoxy) is 2. The fourth-order valence-corrected chi connectivity index (χ4v) is 7.88. The molecule has 1 saturated carbocycles. The second kappa shape index (κ2) is 36.8. The molecule has 0 aromatic carbocycles. The van der Waals surface area contributed by atoms with Crippen LogP contribution in [-0.4, -0.2) is 109 Å². The highest BCUT2D eigenvalue weighted by atomic mass is 31.2. The molecule has 17 nitrogen and oxygen atoms in total. The molecule has 1 rings (SSSR count). The van der Waals surface area contributed by atoms with Gasteiger partial charge in [0, 0.05) is 19.3 Å². The predicted molar refractivity (Wildman–Crippen MR) is 250 cm³/mol. The zero-order valence-corrected chi connectivity index (χ0v) is 40.4. The van der Waals surface area contributed by atoms with Crippen LogP contribution in [0.5, 0.6) is 0 Å². The molecule has 0 radical (unpaired) electrons. The number of esters is 2. The summed E-state index contributed by atoms with van der Waals surface area (Å²) in [6.07, 6.45) is 26.9. The highest BCUT2D eigenvalue weighted by Gasteiger charge is 2.54. The molecular weight excluding hydrogens is 898 g/mol. The molecule has 66 heavy (non-hydrogen) atoms. The fourth-order valence-electron chi connectivity index (χ4n) is 6.34. The summed E-state index contributed by atoms with van der Waals surface area (Å²) in [5.41, 5.74) is 0. The molecule has 0 heterocycles. The first-order valence-electron chi connectivity index (χ1n) is 23.1. The molecule has 1 fully saturated rings. The Balaban J connectivity index is 2.72. The third-order valence-electron chi connectivity index (χ3n) is 9.93. The van der Waals surface area contributed by atoms with Gasteiger partial charge in [-0.05, 0) is 76.7 Å². The van der Waals surface area contributed by atoms with Crippen LogP contribution in [-0.2, 0) is 46.6 Å². The summed E-state index contributed by atoms with van der Waals surface area (Å²) < 4.78 is 49.1. The Morgan fingerprint density at radius 2 is 1.08 bits per heavy atom. The Kier molecular flexibility index (Phi) is 34.0. The Morgan fingerprint density at radius 1 is 0.545 bits per heavy atom. The second-order valence-corrected chi connectivity index (χ2v) is 18.4. The molecule has 0 saturated heterocycles. The Labute approximate surface area is 390 Å². The first kappa shape index (κ1) is 60.9. The van der Waals surface area contributed by atoms with Gasteiger partial charge >= 0.3 is 27.6 Å². The van der Waals surface area contributed by atoms with E-state index >= 15 is 0 Å². The van der Waals surface area contributed by atoms with Crippen molar-refractivity contribution in [1.29, 1.82) is 0 Å². The Hall–Kier alpha value is -3.15. The molecule has 1 aliphatic carbocycles. The van der Waals surface area contributed by atoms with Gasteiger partial charge in [-0.15, -0.1) is 0 Å². The van der Waals surface area contributed by atoms with Crippen LogP contribution in [0.15, 0.2) is 85.1 Å². The second-order valence-electron chi connectivity index (χ2n) is 15.8. The molecule has 0 aliphatic heterocycles. The van der Waals surface area contributed by atoms with Gasteiger partial charge in [-0.1, -0.05) is 125 Å². The van der Waals surface area contributed by atoms with Crippen molar-refractivity contribution in [3.05, 3.63) is 85.1 Å². The minimum Gasteiger partial charge on any atom is -0.462 e. The van der Waals surface area contributed by atoms with Crippen molar-refractivity contribution in [3.8, 4) is 0 Å². The number of ketones is 1. The lowest BCUT2D eigenvalue weighted by molar-refractivity contribution is -0.216. The van der Waals surface area contributed by atoms with Gasteiger partial charge in [0.15, 0.2) is 11.9 Å². The summed E-state index contributed by atoms with van der Waals surface area (Å²) in [5.74, 6) is -1.73. The van der Waals surface area contributed by atoms with Gasteiger partial charge in [0.25, 0.3) is 0 Å². The summed E-state index contributed by atoms with van der Waals surface area (Å²) in [6.45, 7) is 2.73. The largest absolute Gasteiger partial charge is 0.472 e. The predicted octanol–water partition coefficient (Wildman–Crippen LogP) is 7.79. The normalized spacial score (nSPS) is 22.2. The van der Waals surface area contributed by atoms with Crippen LogP contribution in [0, 0.1) is 0 Å². The van der Waals surface area contributed by atoms with Crippen LogP contribution < -0.4 is 0 Å². The number of allylic oxidation sites excluding steroid dienone is 14. The molecule has 7 N–H and O–H groups in total. The van der Waals surface area contributed by atoms with Crippen LogP contribution in [0.4, 0.5) is 0 Å². The van der Waals surface area contributed by atoms with Crippen LogP contribution in [0.2, 0.25) is 0 Å². The molecule has 376 valence electrons. The first-order valence-corrected chi connectivity index (χ1v) is 26.1. The van der Waals surface area contributed by atoms with Gasteiger partial charge < -0.3 is 44.6 Å². The third kappa shape index (κ3) is 31.0. The van der Waals surface area contributed by atoms with Crippen LogP contribution in [0.1, 0.15) is 136 Å². The van der Waals surface area contributed by atoms with E-state index in [0.717, 1.165) is 64.2 Å². The highest BCUT2D eigenvalue weighted by Crippen LogP contribution is 2.49. The van der Waals surface area contributed by atoms with E-state index in [1.807, 2.05) is 12.2 Å². The number of hydrogen-bond donors (Lipinski definition) is 7. The number of phosphoric ester groups is 2. The summed E-state index contributed by atoms with van der Waals surface area (Å²) in [7, 11) is -10.8. The third-order valence-corrected chi connectivity index (χ3v) is 11.4. The van der Waals surface area contributed by atoms with Gasteiger partial charge in [0.1, 0.15) is 43.2 Å². The zero-order chi connectivity index (χ0) is 49.1. The van der Waals surface area contributed by atoms with E-state index in [2.05, 4.69) is 73.1 Å². The van der Waals surface area contributed by atoms with Crippen molar-refractivity contribution in [2.45, 2.75) is 179 Å². The van der Waals surface area contributed by atoms with Crippen LogP contribution in [0.25, 0.3) is 0 Å². The van der Waals surface area contributed by atoms with E-state index in [0.29, 0.717) is 12.8 Å². The molecule has 0 spiro atoms. The SMILES string of the molecule is CC/C=C\C/C=C\C/C=C\CCCCCCCC(=O)OC[C@H](COP(=O)(O)O[C@H]1C(O)C(O)C(O)[C@@H](OP(=O)(O)O)C1O)OC(=O)CCCC(=O)/C=C/C=C\C/C=C\C/C=C\CCCCC. The topological polar surface area (TPSA) is 273 Å². The van der Waals surface area contributed by atoms with Crippen molar-refractivity contribution in [1.82, 2.24) is 0 Å². The lowest BCUT2D eigenvalue weighted by Crippen LogP contribution is -2.64. The maximum atomic E-state index is 13.0. The number of unbranched alkanes of at least 4 members (excludes halogenated alkanes) is 8. The van der Waals surface area contributed by atoms with Crippen molar-refractivity contribution in [2.75, 3.05) is 13.2 Å². The van der Waals surface area contributed by atoms with Gasteiger partial charge in [-0.3, -0.25) is 28.0 Å². The highest BCUT2D eigenvalue weighted by molar-refractivity contribution is 7.47. The van der Waals surface area contributed by atoms with Crippen molar-refractivity contribution in [2.24, 2.45) is 0 Å². The number of hydrogen-bond acceptors (Lipinski definition) is 14. The standard InChI is InChI=1S/C47H76O17P2/c1-3-5-7-9-11-13-15-17-18-20-22-24-26-28-30-34-40(49)60-36-39(37-61-66(58,59)64-47-44(53)42(51)43(52)46(45(47)54)63-65(55,56)57)62-41(50)35-31-33-38(48)32-29-27-25-23-21-19-16-14-12-10-8-6-4-2/h5,7,11-14,17-19,21,25,27,29,32,39,42-47,51-54H,3-4,6,8-10,15-16,20,22-24,26,28,30-31,33-37H2,1-2H3,(H,58,59)(H2,55,56,57)/b7-5-,13-11-,14-12-,18-17-,21-19-,27-25-,32-29+/t39-,42?,43?,44?,45?,46-,47+/m1/s1. The van der Waals surface area contributed by atoms with Gasteiger partial charge in [0.05, 0.1) is 6.61 Å². The molecule has 5 unspecified atom stereocenters. The van der Waals surface area contributed by atoms with Gasteiger partial charge in [-0.25, -0.2) is 9.13 Å². The quantitative estimate of drug-likeness (QED) is 0.00781. The molecular formula is C47H76O17P2. The van der Waals surface area contributed by atoms with Crippen molar-refractivity contribution >= 4 is 33.4 Å². The van der Waals surface area contributed by atoms with Crippen LogP contribution in [0.3, 0.4) is 0 Å². The van der Waals surface area contributed by atoms with E-state index < -0.39 is 83.5 Å². The number of phosphoric acid groups is 2. The molecule has 19 heteroatoms. The van der Waals surface area contributed by atoms with E-state index in [4.69, 9.17) is 28.3 Å². The molecule has 0 amide bonds. The summed E-state index contributed by atoms with van der Waals surface area (Å²) in [6, 6.07) is 0. The fraction of sp³-hybridized carbons (Fsp3) is 0.638. The van der Waals surface area contributed by atoms with Crippen molar-refractivity contribution in [3.63, 3.8) is 0 Å².